The van der Waals surface area contributed by atoms with Crippen molar-refractivity contribution in [2.75, 3.05) is 24.3 Å². The number of aromatic nitrogens is 6. The van der Waals surface area contributed by atoms with Gasteiger partial charge in [-0.2, -0.15) is 0 Å². The number of fused-ring (bicyclic) bond motifs is 1. The average Bonchev–Trinajstić information content (AvgIpc) is 3.23. The van der Waals surface area contributed by atoms with Gasteiger partial charge in [-0.25, -0.2) is 19.4 Å². The number of rotatable bonds is 8. The first-order valence-corrected chi connectivity index (χ1v) is 11.6. The molecule has 4 rings (SSSR count). The number of anilines is 1. The highest BCUT2D eigenvalue weighted by atomic mass is 32.2. The van der Waals surface area contributed by atoms with E-state index in [1.165, 1.54) is 52.5 Å². The predicted molar refractivity (Wildman–Crippen MR) is 119 cm³/mol. The number of oxime groups is 1. The predicted octanol–water partition coefficient (Wildman–Crippen LogP) is -1.54. The molecular weight excluding hydrogens is 488 g/mol. The molecule has 2 atom stereocenters. The van der Waals surface area contributed by atoms with Crippen LogP contribution in [0.1, 0.15) is 5.82 Å². The van der Waals surface area contributed by atoms with E-state index in [2.05, 4.69) is 36.0 Å². The first-order valence-electron chi connectivity index (χ1n) is 9.57. The number of nitrogen functional groups attached to an aromatic ring is 1. The summed E-state index contributed by atoms with van der Waals surface area (Å²) in [6.45, 7) is 0. The average molecular weight is 507 g/mol. The van der Waals surface area contributed by atoms with E-state index in [9.17, 15) is 19.5 Å². The summed E-state index contributed by atoms with van der Waals surface area (Å²) in [6.07, 6.45) is 1.35. The van der Waals surface area contributed by atoms with Crippen molar-refractivity contribution in [3.63, 3.8) is 0 Å². The fourth-order valence-electron chi connectivity index (χ4n) is 3.26. The normalized spacial score (nSPS) is 20.0. The molecule has 1 saturated heterocycles. The third kappa shape index (κ3) is 4.38. The van der Waals surface area contributed by atoms with E-state index in [0.29, 0.717) is 16.5 Å². The second-order valence-electron chi connectivity index (χ2n) is 6.92. The third-order valence-electron chi connectivity index (χ3n) is 4.78. The molecule has 0 aromatic carbocycles. The van der Waals surface area contributed by atoms with E-state index in [4.69, 9.17) is 10.6 Å². The van der Waals surface area contributed by atoms with Crippen LogP contribution in [0, 0.1) is 0 Å². The zero-order chi connectivity index (χ0) is 24.4. The van der Waals surface area contributed by atoms with Crippen LogP contribution in [0.15, 0.2) is 33.8 Å². The number of nitrogens with two attached hydrogens (primary N) is 1. The fourth-order valence-corrected chi connectivity index (χ4v) is 5.60. The number of carbonyl (C=O) groups is 3. The number of aliphatic carboxylic acids is 1. The lowest BCUT2D eigenvalue weighted by Crippen LogP contribution is -2.71. The summed E-state index contributed by atoms with van der Waals surface area (Å²) >= 11 is 2.60. The maximum Gasteiger partial charge on any atom is 0.352 e. The van der Waals surface area contributed by atoms with Gasteiger partial charge in [-0.1, -0.05) is 16.9 Å². The maximum atomic E-state index is 12.9. The van der Waals surface area contributed by atoms with Crippen LogP contribution in [0.4, 0.5) is 5.82 Å². The van der Waals surface area contributed by atoms with E-state index < -0.39 is 29.2 Å². The molecule has 0 bridgehead atoms. The minimum absolute atomic E-state index is 0.0806. The minimum atomic E-state index is -1.23. The van der Waals surface area contributed by atoms with Crippen molar-refractivity contribution in [1.29, 1.82) is 0 Å². The highest BCUT2D eigenvalue weighted by Crippen LogP contribution is 2.41. The van der Waals surface area contributed by atoms with Gasteiger partial charge in [0.15, 0.2) is 5.82 Å². The molecule has 15 nitrogen and oxygen atoms in total. The Balaban J connectivity index is 1.50. The number of carboxylic acid groups (broad SMARTS) is 1. The number of hydrogen-bond donors (Lipinski definition) is 3. The Morgan fingerprint density at radius 1 is 1.47 bits per heavy atom. The Hall–Kier alpha value is -3.73. The molecular formula is C17H18N10O5S2. The summed E-state index contributed by atoms with van der Waals surface area (Å²) in [5.41, 5.74) is 5.82. The van der Waals surface area contributed by atoms with E-state index in [1.807, 2.05) is 0 Å². The van der Waals surface area contributed by atoms with Gasteiger partial charge in [-0.15, -0.1) is 16.9 Å². The first kappa shape index (κ1) is 23.4. The lowest BCUT2D eigenvalue weighted by Gasteiger charge is -2.49. The summed E-state index contributed by atoms with van der Waals surface area (Å²) in [4.78, 5) is 51.5. The van der Waals surface area contributed by atoms with Crippen LogP contribution in [0.3, 0.4) is 0 Å². The number of aryl methyl sites for hydroxylation is 1. The molecule has 0 aliphatic carbocycles. The summed E-state index contributed by atoms with van der Waals surface area (Å²) in [5, 5.41) is 27.1. The maximum absolute atomic E-state index is 12.9. The van der Waals surface area contributed by atoms with Gasteiger partial charge in [0.05, 0.1) is 0 Å². The van der Waals surface area contributed by atoms with Crippen LogP contribution in [0.5, 0.6) is 0 Å². The number of nitrogens with zero attached hydrogens (tertiary/aromatic N) is 8. The molecule has 4 heterocycles. The van der Waals surface area contributed by atoms with Crippen molar-refractivity contribution in [2.45, 2.75) is 16.6 Å². The van der Waals surface area contributed by atoms with E-state index in [1.54, 1.807) is 7.05 Å². The monoisotopic (exact) mass is 506 g/mol. The molecule has 17 heteroatoms. The van der Waals surface area contributed by atoms with Crippen molar-refractivity contribution in [3.05, 3.63) is 29.4 Å². The molecule has 0 spiro atoms. The summed E-state index contributed by atoms with van der Waals surface area (Å²) < 4.78 is 1.47. The Morgan fingerprint density at radius 3 is 2.91 bits per heavy atom. The van der Waals surface area contributed by atoms with Gasteiger partial charge < -0.3 is 21.0 Å². The number of carboxylic acids is 1. The van der Waals surface area contributed by atoms with Crippen molar-refractivity contribution >= 4 is 52.8 Å². The van der Waals surface area contributed by atoms with Gasteiger partial charge in [0, 0.05) is 24.8 Å². The van der Waals surface area contributed by atoms with Gasteiger partial charge in [-0.05, 0) is 22.1 Å². The highest BCUT2D eigenvalue weighted by molar-refractivity contribution is 8.01. The molecule has 2 aliphatic heterocycles. The van der Waals surface area contributed by atoms with E-state index in [-0.39, 0.29) is 28.8 Å². The molecule has 0 radical (unpaired) electrons. The van der Waals surface area contributed by atoms with Crippen LogP contribution in [-0.4, -0.2) is 93.7 Å². The molecule has 178 valence electrons. The number of amides is 2. The number of nitrogens with one attached hydrogen (secondary N) is 1. The molecule has 34 heavy (non-hydrogen) atoms. The molecule has 2 amide bonds. The largest absolute Gasteiger partial charge is 0.477 e. The second kappa shape index (κ2) is 9.64. The minimum Gasteiger partial charge on any atom is -0.477 e. The second-order valence-corrected chi connectivity index (χ2v) is 8.97. The summed E-state index contributed by atoms with van der Waals surface area (Å²) in [5.74, 6) is -1.88. The van der Waals surface area contributed by atoms with Crippen LogP contribution in [0.25, 0.3) is 0 Å². The molecule has 0 saturated carbocycles. The molecule has 2 aromatic heterocycles. The number of thioether (sulfide) groups is 2. The Bertz CT molecular complexity index is 1210. The van der Waals surface area contributed by atoms with Gasteiger partial charge >= 0.3 is 5.97 Å². The number of carbonyl (C=O) groups excluding carboxylic acids is 2. The third-order valence-corrected chi connectivity index (χ3v) is 7.22. The summed E-state index contributed by atoms with van der Waals surface area (Å²) in [6, 6.07) is 0.473. The lowest BCUT2D eigenvalue weighted by molar-refractivity contribution is -0.150. The molecule has 2 aromatic rings. The zero-order valence-corrected chi connectivity index (χ0v) is 19.4. The van der Waals surface area contributed by atoms with Crippen LogP contribution in [-0.2, 0) is 26.3 Å². The lowest BCUT2D eigenvalue weighted by atomic mass is 10.0. The van der Waals surface area contributed by atoms with E-state index in [0.717, 1.165) is 0 Å². The van der Waals surface area contributed by atoms with Gasteiger partial charge in [0.25, 0.3) is 11.8 Å². The van der Waals surface area contributed by atoms with Crippen molar-refractivity contribution in [2.24, 2.45) is 12.2 Å². The van der Waals surface area contributed by atoms with Crippen LogP contribution in [0.2, 0.25) is 0 Å². The highest BCUT2D eigenvalue weighted by Gasteiger charge is 2.54. The molecule has 1 fully saturated rings. The number of tetrazole rings is 1. The summed E-state index contributed by atoms with van der Waals surface area (Å²) in [7, 11) is 2.91. The molecule has 2 aliphatic rings. The quantitative estimate of drug-likeness (QED) is 0.161. The fraction of sp³-hybridized carbons (Fsp3) is 0.353. The Kier molecular flexibility index (Phi) is 6.64. The Labute approximate surface area is 200 Å². The van der Waals surface area contributed by atoms with Crippen LogP contribution >= 0.6 is 23.5 Å². The molecule has 1 unspecified atom stereocenters. The van der Waals surface area contributed by atoms with Crippen molar-refractivity contribution in [1.82, 2.24) is 40.4 Å². The van der Waals surface area contributed by atoms with Gasteiger partial charge in [0.1, 0.15) is 30.0 Å². The van der Waals surface area contributed by atoms with Crippen molar-refractivity contribution < 1.29 is 24.3 Å². The van der Waals surface area contributed by atoms with Gasteiger partial charge in [0.2, 0.25) is 10.9 Å². The Morgan fingerprint density at radius 2 is 2.26 bits per heavy atom. The first-order chi connectivity index (χ1) is 16.3. The SMILES string of the molecule is CON=C(C(=O)NC1C(=O)N2C(C(=O)O)=C(CSc3nnnn3C)CS[C@H]12)c1nccc(N)n1. The van der Waals surface area contributed by atoms with Crippen molar-refractivity contribution in [3.8, 4) is 0 Å². The number of β-lactam (4-membered cyclic amide) rings is 1. The standard InChI is InChI=1S/C17H18N10O5S2/c1-26-17(22-24-25-26)34-6-7-5-33-15-10(14(29)27(15)11(7)16(30)31)21-13(28)9(23-32-2)12-19-4-3-8(18)20-12/h3-4,10,15H,5-6H2,1-2H3,(H,21,28)(H,30,31)(H2,18,19,20)/t10?,15-/m1/s1. The van der Waals surface area contributed by atoms with E-state index >= 15 is 0 Å². The number of hydrogen-bond acceptors (Lipinski definition) is 13. The van der Waals surface area contributed by atoms with Crippen LogP contribution < -0.4 is 11.1 Å². The smallest absolute Gasteiger partial charge is 0.352 e. The van der Waals surface area contributed by atoms with Gasteiger partial charge in [-0.3, -0.25) is 14.5 Å². The zero-order valence-electron chi connectivity index (χ0n) is 17.8. The topological polar surface area (TPSA) is 204 Å². The molecule has 4 N–H and O–H groups in total.